The maximum atomic E-state index is 14.0. The second-order valence-electron chi connectivity index (χ2n) is 13.9. The van der Waals surface area contributed by atoms with E-state index in [1.54, 1.807) is 13.2 Å². The van der Waals surface area contributed by atoms with Crippen molar-refractivity contribution in [3.05, 3.63) is 51.6 Å². The number of nitrogens with one attached hydrogen (secondary N) is 2. The molecule has 1 amide bonds. The number of nitrogens with zero attached hydrogens (tertiary/aromatic N) is 1. The van der Waals surface area contributed by atoms with Crippen LogP contribution < -0.4 is 15.4 Å². The number of phenolic OH excluding ortho intramolecular Hbond substituents is 2. The minimum Gasteiger partial charge on any atom is -0.507 e. The molecule has 2 aliphatic carbocycles. The number of aromatic hydroxyl groups is 2. The van der Waals surface area contributed by atoms with Crippen LogP contribution in [0.5, 0.6) is 17.2 Å². The summed E-state index contributed by atoms with van der Waals surface area (Å²) in [6.45, 7) is 4.68. The summed E-state index contributed by atoms with van der Waals surface area (Å²) in [4.78, 5) is 43.7. The average Bonchev–Trinajstić information content (AvgIpc) is 3.47. The lowest BCUT2D eigenvalue weighted by Gasteiger charge is -2.43. The topological polar surface area (TPSA) is 195 Å². The average molecular weight is 696 g/mol. The lowest BCUT2D eigenvalue weighted by molar-refractivity contribution is -0.256. The van der Waals surface area contributed by atoms with Crippen molar-refractivity contribution >= 4 is 17.5 Å². The Balaban J connectivity index is 1.18. The molecule has 4 heterocycles. The van der Waals surface area contributed by atoms with Gasteiger partial charge in [-0.15, -0.1) is 0 Å². The second-order valence-corrected chi connectivity index (χ2v) is 13.9. The van der Waals surface area contributed by atoms with Crippen LogP contribution in [0.25, 0.3) is 0 Å². The van der Waals surface area contributed by atoms with E-state index in [-0.39, 0.29) is 52.5 Å². The first-order chi connectivity index (χ1) is 24.0. The molecule has 0 unspecified atom stereocenters. The molecule has 0 aromatic heterocycles. The molecule has 0 saturated carbocycles. The van der Waals surface area contributed by atoms with Crippen LogP contribution in [0, 0.1) is 5.92 Å². The number of benzene rings is 2. The summed E-state index contributed by atoms with van der Waals surface area (Å²) in [5.74, 6) is -2.93. The molecule has 0 spiro atoms. The molecule has 50 heavy (non-hydrogen) atoms. The minimum absolute atomic E-state index is 0.00252. The van der Waals surface area contributed by atoms with E-state index >= 15 is 0 Å². The van der Waals surface area contributed by atoms with Gasteiger partial charge < -0.3 is 54.4 Å². The number of hydrogen-bond donors (Lipinski definition) is 5. The summed E-state index contributed by atoms with van der Waals surface area (Å²) in [5, 5.41) is 41.7. The van der Waals surface area contributed by atoms with Crippen LogP contribution >= 0.6 is 0 Å². The smallest absolute Gasteiger partial charge is 0.252 e. The summed E-state index contributed by atoms with van der Waals surface area (Å²) in [5.41, 5.74) is -3.00. The lowest BCUT2D eigenvalue weighted by atomic mass is 9.72. The summed E-state index contributed by atoms with van der Waals surface area (Å²) in [6.07, 6.45) is -4.37. The highest BCUT2D eigenvalue weighted by Gasteiger charge is 2.55. The van der Waals surface area contributed by atoms with Crippen LogP contribution in [-0.2, 0) is 34.9 Å². The normalized spacial score (nSPS) is 33.4. The molecule has 4 aliphatic heterocycles. The molecule has 0 radical (unpaired) electrons. The Morgan fingerprint density at radius 2 is 1.88 bits per heavy atom. The molecule has 8 atom stereocenters. The van der Waals surface area contributed by atoms with E-state index in [9.17, 15) is 29.7 Å². The number of hydrogen-bond acceptors (Lipinski definition) is 14. The predicted molar refractivity (Wildman–Crippen MR) is 171 cm³/mol. The van der Waals surface area contributed by atoms with E-state index in [0.29, 0.717) is 26.1 Å². The lowest BCUT2D eigenvalue weighted by Crippen LogP contribution is -2.56. The Hall–Kier alpha value is -3.67. The number of morpholine rings is 1. The third kappa shape index (κ3) is 5.13. The summed E-state index contributed by atoms with van der Waals surface area (Å²) in [6, 6.07) is 4.37. The molecule has 15 nitrogen and oxygen atoms in total. The summed E-state index contributed by atoms with van der Waals surface area (Å²) in [7, 11) is 2.92. The van der Waals surface area contributed by atoms with Crippen LogP contribution in [-0.4, -0.2) is 127 Å². The molecule has 0 bridgehead atoms. The van der Waals surface area contributed by atoms with Crippen molar-refractivity contribution < 1.29 is 58.1 Å². The van der Waals surface area contributed by atoms with Gasteiger partial charge in [0.25, 0.3) is 5.91 Å². The van der Waals surface area contributed by atoms with Gasteiger partial charge in [0.15, 0.2) is 24.6 Å². The fraction of sp³-hybridized carbons (Fsp3) is 0.571. The molecule has 5 N–H and O–H groups in total. The highest BCUT2D eigenvalue weighted by molar-refractivity contribution is 6.31. The van der Waals surface area contributed by atoms with E-state index in [0.717, 1.165) is 13.1 Å². The number of amides is 1. The molecular weight excluding hydrogens is 654 g/mol. The Morgan fingerprint density at radius 3 is 2.60 bits per heavy atom. The zero-order valence-electron chi connectivity index (χ0n) is 28.0. The highest BCUT2D eigenvalue weighted by atomic mass is 16.7. The SMILES string of the molecule is COc1cccc2c1C(=O)c1c(O)c3c(c(O)c1C2=O)C[C@@](O)(C(=O)NCC1CNC1)C[C@@H]3O[C@H]1C[C@H]2[C@H](O[C@@H]3[C@@H](OC)OCCN32)[C@H](C)O1. The number of ether oxygens (including phenoxy) is 6. The Bertz CT molecular complexity index is 1750. The third-order valence-corrected chi connectivity index (χ3v) is 11.0. The molecule has 4 fully saturated rings. The zero-order chi connectivity index (χ0) is 35.1. The molecule has 268 valence electrons. The van der Waals surface area contributed by atoms with Gasteiger partial charge in [-0.3, -0.25) is 19.3 Å². The van der Waals surface area contributed by atoms with Crippen molar-refractivity contribution in [1.82, 2.24) is 15.5 Å². The quantitative estimate of drug-likeness (QED) is 0.214. The van der Waals surface area contributed by atoms with E-state index in [1.807, 2.05) is 6.92 Å². The molecule has 8 rings (SSSR count). The Morgan fingerprint density at radius 1 is 1.10 bits per heavy atom. The summed E-state index contributed by atoms with van der Waals surface area (Å²) < 4.78 is 35.8. The Kier molecular flexibility index (Phi) is 8.39. The fourth-order valence-corrected chi connectivity index (χ4v) is 8.40. The van der Waals surface area contributed by atoms with Crippen molar-refractivity contribution in [3.63, 3.8) is 0 Å². The van der Waals surface area contributed by atoms with Gasteiger partial charge in [-0.25, -0.2) is 0 Å². The van der Waals surface area contributed by atoms with Crippen LogP contribution in [0.3, 0.4) is 0 Å². The number of fused-ring (bicyclic) bond motifs is 6. The number of aliphatic hydroxyl groups is 1. The van der Waals surface area contributed by atoms with Gasteiger partial charge in [0.1, 0.15) is 29.0 Å². The Labute approximate surface area is 287 Å². The largest absolute Gasteiger partial charge is 0.507 e. The van der Waals surface area contributed by atoms with Gasteiger partial charge >= 0.3 is 0 Å². The van der Waals surface area contributed by atoms with Crippen molar-refractivity contribution in [2.24, 2.45) is 5.92 Å². The fourth-order valence-electron chi connectivity index (χ4n) is 8.40. The number of methoxy groups -OCH3 is 2. The maximum Gasteiger partial charge on any atom is 0.252 e. The van der Waals surface area contributed by atoms with E-state index in [2.05, 4.69) is 15.5 Å². The number of phenols is 2. The molecule has 15 heteroatoms. The number of rotatable bonds is 7. The first kappa shape index (κ1) is 33.5. The first-order valence-corrected chi connectivity index (χ1v) is 17.0. The van der Waals surface area contributed by atoms with Gasteiger partial charge in [0.2, 0.25) is 5.78 Å². The van der Waals surface area contributed by atoms with Crippen molar-refractivity contribution in [3.8, 4) is 17.2 Å². The predicted octanol–water partition coefficient (Wildman–Crippen LogP) is 0.486. The van der Waals surface area contributed by atoms with Crippen molar-refractivity contribution in [2.45, 2.75) is 74.9 Å². The van der Waals surface area contributed by atoms with Gasteiger partial charge in [0, 0.05) is 81.2 Å². The number of carbonyl (C=O) groups is 3. The van der Waals surface area contributed by atoms with E-state index in [1.165, 1.54) is 19.2 Å². The monoisotopic (exact) mass is 695 g/mol. The summed E-state index contributed by atoms with van der Waals surface area (Å²) >= 11 is 0. The minimum atomic E-state index is -2.10. The first-order valence-electron chi connectivity index (χ1n) is 17.0. The van der Waals surface area contributed by atoms with Crippen molar-refractivity contribution in [1.29, 1.82) is 0 Å². The van der Waals surface area contributed by atoms with E-state index < -0.39 is 83.1 Å². The molecule has 6 aliphatic rings. The second kappa shape index (κ2) is 12.5. The van der Waals surface area contributed by atoms with Crippen LogP contribution in [0.4, 0.5) is 0 Å². The molecule has 2 aromatic rings. The van der Waals surface area contributed by atoms with Crippen LogP contribution in [0.1, 0.15) is 68.8 Å². The zero-order valence-corrected chi connectivity index (χ0v) is 28.0. The van der Waals surface area contributed by atoms with Gasteiger partial charge in [-0.2, -0.15) is 0 Å². The van der Waals surface area contributed by atoms with Crippen LogP contribution in [0.15, 0.2) is 18.2 Å². The van der Waals surface area contributed by atoms with Crippen molar-refractivity contribution in [2.75, 3.05) is 47.0 Å². The standard InChI is InChI=1S/C35H41N3O12/c1-15-31-19(38-7-8-47-33(46-3)32(38)50-31)9-22(48-15)49-21-11-35(44,34(43)37-14-16-12-36-13-16)10-18-24(21)30(42)26-25(28(18)40)27(39)17-5-4-6-20(45-2)23(17)29(26)41/h4-6,15-16,19,21-22,31-33,36,40,42,44H,7-14H2,1-3H3,(H,37,43)/t15-,19-,21-,22-,31+,32+,33-,35-/m0/s1. The number of carbonyl (C=O) groups excluding carboxylic acids is 3. The van der Waals surface area contributed by atoms with Gasteiger partial charge in [0.05, 0.1) is 42.6 Å². The number of ketones is 2. The van der Waals surface area contributed by atoms with Crippen LogP contribution in [0.2, 0.25) is 0 Å². The third-order valence-electron chi connectivity index (χ3n) is 11.0. The van der Waals surface area contributed by atoms with Gasteiger partial charge in [-0.05, 0) is 13.0 Å². The van der Waals surface area contributed by atoms with E-state index in [4.69, 9.17) is 28.4 Å². The molecule has 2 aromatic carbocycles. The maximum absolute atomic E-state index is 14.0. The highest BCUT2D eigenvalue weighted by Crippen LogP contribution is 2.53. The molecule has 4 saturated heterocycles. The molecular formula is C35H41N3O12. The van der Waals surface area contributed by atoms with Gasteiger partial charge in [-0.1, -0.05) is 12.1 Å².